The highest BCUT2D eigenvalue weighted by Gasteiger charge is 2.32. The van der Waals surface area contributed by atoms with Gasteiger partial charge in [-0.05, 0) is 24.5 Å². The van der Waals surface area contributed by atoms with Crippen molar-refractivity contribution >= 4 is 29.1 Å². The Morgan fingerprint density at radius 1 is 1.19 bits per heavy atom. The smallest absolute Gasteiger partial charge is 0.274 e. The number of rotatable bonds is 2. The van der Waals surface area contributed by atoms with Crippen LogP contribution in [0, 0.1) is 0 Å². The first-order valence-corrected chi connectivity index (χ1v) is 7.45. The van der Waals surface area contributed by atoms with Crippen LogP contribution in [0.2, 0.25) is 10.2 Å². The number of likely N-dealkylation sites (tertiary alicyclic amines) is 1. The normalized spacial score (nSPS) is 18.0. The Morgan fingerprint density at radius 3 is 2.71 bits per heavy atom. The van der Waals surface area contributed by atoms with E-state index in [1.54, 1.807) is 4.90 Å². The van der Waals surface area contributed by atoms with Gasteiger partial charge in [0.1, 0.15) is 10.8 Å². The molecule has 1 aliphatic heterocycles. The molecule has 0 saturated carbocycles. The lowest BCUT2D eigenvalue weighted by Crippen LogP contribution is -2.31. The second kappa shape index (κ2) is 6.00. The molecule has 0 bridgehead atoms. The third-order valence-corrected chi connectivity index (χ3v) is 4.16. The summed E-state index contributed by atoms with van der Waals surface area (Å²) in [5, 5.41) is 0.958. The average molecular weight is 322 g/mol. The highest BCUT2D eigenvalue weighted by Crippen LogP contribution is 2.36. The molecular formula is C15H13Cl2N3O. The highest BCUT2D eigenvalue weighted by atomic mass is 35.5. The standard InChI is InChI=1S/C15H13Cl2N3O/c16-11-5-2-1-4-10(11)13-6-3-7-20(13)15(21)12-8-19-14(17)9-18-12/h1-2,4-5,8-9,13H,3,6-7H2. The Morgan fingerprint density at radius 2 is 2.00 bits per heavy atom. The lowest BCUT2D eigenvalue weighted by atomic mass is 10.0. The summed E-state index contributed by atoms with van der Waals surface area (Å²) in [4.78, 5) is 22.4. The number of halogens is 2. The van der Waals surface area contributed by atoms with Crippen molar-refractivity contribution in [2.45, 2.75) is 18.9 Å². The van der Waals surface area contributed by atoms with Gasteiger partial charge in [-0.2, -0.15) is 0 Å². The van der Waals surface area contributed by atoms with Crippen molar-refractivity contribution in [1.29, 1.82) is 0 Å². The van der Waals surface area contributed by atoms with E-state index in [1.807, 2.05) is 24.3 Å². The SMILES string of the molecule is O=C(c1cnc(Cl)cn1)N1CCCC1c1ccccc1Cl. The Bertz CT molecular complexity index is 660. The lowest BCUT2D eigenvalue weighted by molar-refractivity contribution is 0.0729. The number of hydrogen-bond acceptors (Lipinski definition) is 3. The fourth-order valence-electron chi connectivity index (χ4n) is 2.65. The maximum Gasteiger partial charge on any atom is 0.274 e. The van der Waals surface area contributed by atoms with Gasteiger partial charge in [0.2, 0.25) is 0 Å². The van der Waals surface area contributed by atoms with Crippen molar-refractivity contribution < 1.29 is 4.79 Å². The fraction of sp³-hybridized carbons (Fsp3) is 0.267. The van der Waals surface area contributed by atoms with Crippen LogP contribution in [0.4, 0.5) is 0 Å². The van der Waals surface area contributed by atoms with Gasteiger partial charge in [0.05, 0.1) is 18.4 Å². The zero-order valence-corrected chi connectivity index (χ0v) is 12.7. The van der Waals surface area contributed by atoms with Gasteiger partial charge in [0, 0.05) is 11.6 Å². The van der Waals surface area contributed by atoms with E-state index in [0.717, 1.165) is 18.4 Å². The van der Waals surface area contributed by atoms with Crippen LogP contribution < -0.4 is 0 Å². The van der Waals surface area contributed by atoms with E-state index in [0.29, 0.717) is 17.3 Å². The van der Waals surface area contributed by atoms with Crippen LogP contribution in [0.25, 0.3) is 0 Å². The molecule has 0 spiro atoms. The van der Waals surface area contributed by atoms with Gasteiger partial charge in [-0.15, -0.1) is 0 Å². The molecule has 1 aliphatic rings. The predicted molar refractivity (Wildman–Crippen MR) is 81.5 cm³/mol. The van der Waals surface area contributed by atoms with Gasteiger partial charge in [-0.25, -0.2) is 9.97 Å². The summed E-state index contributed by atoms with van der Waals surface area (Å²) >= 11 is 12.0. The molecule has 1 unspecified atom stereocenters. The summed E-state index contributed by atoms with van der Waals surface area (Å²) in [6.07, 6.45) is 4.64. The zero-order chi connectivity index (χ0) is 14.8. The van der Waals surface area contributed by atoms with E-state index < -0.39 is 0 Å². The molecular weight excluding hydrogens is 309 g/mol. The van der Waals surface area contributed by atoms with E-state index in [-0.39, 0.29) is 17.1 Å². The molecule has 0 aliphatic carbocycles. The molecule has 21 heavy (non-hydrogen) atoms. The minimum absolute atomic E-state index is 0.0105. The molecule has 1 saturated heterocycles. The summed E-state index contributed by atoms with van der Waals surface area (Å²) in [5.74, 6) is -0.137. The molecule has 2 heterocycles. The first-order valence-electron chi connectivity index (χ1n) is 6.70. The maximum absolute atomic E-state index is 12.6. The van der Waals surface area contributed by atoms with Gasteiger partial charge in [-0.3, -0.25) is 4.79 Å². The average Bonchev–Trinajstić information content (AvgIpc) is 2.97. The fourth-order valence-corrected chi connectivity index (χ4v) is 3.01. The summed E-state index contributed by atoms with van der Waals surface area (Å²) in [5.41, 5.74) is 1.28. The number of carbonyl (C=O) groups excluding carboxylic acids is 1. The van der Waals surface area contributed by atoms with Crippen molar-refractivity contribution in [2.75, 3.05) is 6.54 Å². The summed E-state index contributed by atoms with van der Waals surface area (Å²) in [6.45, 7) is 0.693. The van der Waals surface area contributed by atoms with Gasteiger partial charge in [0.25, 0.3) is 5.91 Å². The van der Waals surface area contributed by atoms with E-state index in [2.05, 4.69) is 9.97 Å². The first kappa shape index (κ1) is 14.3. The van der Waals surface area contributed by atoms with Crippen LogP contribution in [0.1, 0.15) is 34.9 Å². The summed E-state index contributed by atoms with van der Waals surface area (Å²) < 4.78 is 0. The topological polar surface area (TPSA) is 46.1 Å². The van der Waals surface area contributed by atoms with E-state index in [9.17, 15) is 4.79 Å². The van der Waals surface area contributed by atoms with Crippen LogP contribution in [0.3, 0.4) is 0 Å². The van der Waals surface area contributed by atoms with Crippen LogP contribution >= 0.6 is 23.2 Å². The van der Waals surface area contributed by atoms with E-state index in [4.69, 9.17) is 23.2 Å². The molecule has 2 aromatic rings. The predicted octanol–water partition coefficient (Wildman–Crippen LogP) is 3.76. The largest absolute Gasteiger partial charge is 0.330 e. The zero-order valence-electron chi connectivity index (χ0n) is 11.2. The minimum Gasteiger partial charge on any atom is -0.330 e. The summed E-state index contributed by atoms with van der Waals surface area (Å²) in [7, 11) is 0. The Labute approximate surface area is 132 Å². The third-order valence-electron chi connectivity index (χ3n) is 3.62. The molecule has 0 radical (unpaired) electrons. The highest BCUT2D eigenvalue weighted by molar-refractivity contribution is 6.31. The second-order valence-corrected chi connectivity index (χ2v) is 5.70. The van der Waals surface area contributed by atoms with Gasteiger partial charge in [-0.1, -0.05) is 41.4 Å². The van der Waals surface area contributed by atoms with Crippen LogP contribution in [0.5, 0.6) is 0 Å². The van der Waals surface area contributed by atoms with E-state index >= 15 is 0 Å². The third kappa shape index (κ3) is 2.87. The van der Waals surface area contributed by atoms with Crippen molar-refractivity contribution in [1.82, 2.24) is 14.9 Å². The Balaban J connectivity index is 1.89. The van der Waals surface area contributed by atoms with Crippen molar-refractivity contribution in [3.8, 4) is 0 Å². The molecule has 1 atom stereocenters. The molecule has 0 N–H and O–H groups in total. The van der Waals surface area contributed by atoms with Crippen molar-refractivity contribution in [3.63, 3.8) is 0 Å². The molecule has 1 aromatic heterocycles. The minimum atomic E-state index is -0.137. The van der Waals surface area contributed by atoms with Gasteiger partial charge < -0.3 is 4.90 Å². The molecule has 108 valence electrons. The maximum atomic E-state index is 12.6. The molecule has 1 amide bonds. The van der Waals surface area contributed by atoms with Crippen LogP contribution in [0.15, 0.2) is 36.7 Å². The number of hydrogen-bond donors (Lipinski definition) is 0. The van der Waals surface area contributed by atoms with Crippen molar-refractivity contribution in [3.05, 3.63) is 58.1 Å². The number of aromatic nitrogens is 2. The number of benzene rings is 1. The number of nitrogens with zero attached hydrogens (tertiary/aromatic N) is 3. The van der Waals surface area contributed by atoms with Gasteiger partial charge in [0.15, 0.2) is 0 Å². The first-order chi connectivity index (χ1) is 10.2. The van der Waals surface area contributed by atoms with Gasteiger partial charge >= 0.3 is 0 Å². The van der Waals surface area contributed by atoms with Crippen LogP contribution in [-0.2, 0) is 0 Å². The molecule has 6 heteroatoms. The quantitative estimate of drug-likeness (QED) is 0.846. The molecule has 3 rings (SSSR count). The van der Waals surface area contributed by atoms with Crippen LogP contribution in [-0.4, -0.2) is 27.3 Å². The molecule has 1 fully saturated rings. The lowest BCUT2D eigenvalue weighted by Gasteiger charge is -2.25. The number of carbonyl (C=O) groups is 1. The second-order valence-electron chi connectivity index (χ2n) is 4.90. The number of amides is 1. The van der Waals surface area contributed by atoms with E-state index in [1.165, 1.54) is 12.4 Å². The Kier molecular flexibility index (Phi) is 4.08. The monoisotopic (exact) mass is 321 g/mol. The molecule has 4 nitrogen and oxygen atoms in total. The summed E-state index contributed by atoms with van der Waals surface area (Å²) in [6, 6.07) is 7.62. The molecule has 1 aromatic carbocycles. The van der Waals surface area contributed by atoms with Crippen molar-refractivity contribution in [2.24, 2.45) is 0 Å². The Hall–Kier alpha value is -1.65.